The van der Waals surface area contributed by atoms with Gasteiger partial charge in [0.2, 0.25) is 5.60 Å². The van der Waals surface area contributed by atoms with Gasteiger partial charge in [0.15, 0.2) is 0 Å². The molecule has 0 aromatic heterocycles. The number of amides is 1. The Bertz CT molecular complexity index is 813. The summed E-state index contributed by atoms with van der Waals surface area (Å²) >= 11 is 0. The third kappa shape index (κ3) is 4.37. The quantitative estimate of drug-likeness (QED) is 0.462. The highest BCUT2D eigenvalue weighted by molar-refractivity contribution is 5.94. The van der Waals surface area contributed by atoms with Crippen molar-refractivity contribution in [3.05, 3.63) is 35.5 Å². The van der Waals surface area contributed by atoms with Gasteiger partial charge in [-0.15, -0.1) is 0 Å². The first-order valence-electron chi connectivity index (χ1n) is 11.4. The molecule has 2 aliphatic heterocycles. The molecule has 3 aliphatic rings. The highest BCUT2D eigenvalue weighted by Gasteiger charge is 2.64. The predicted octanol–water partition coefficient (Wildman–Crippen LogP) is 2.91. The zero-order chi connectivity index (χ0) is 23.1. The van der Waals surface area contributed by atoms with Crippen LogP contribution in [0.15, 0.2) is 35.5 Å². The molecule has 1 saturated heterocycles. The summed E-state index contributed by atoms with van der Waals surface area (Å²) in [6.07, 6.45) is 5.66. The summed E-state index contributed by atoms with van der Waals surface area (Å²) in [5.41, 5.74) is 0.844. The van der Waals surface area contributed by atoms with Gasteiger partial charge in [0, 0.05) is 24.0 Å². The summed E-state index contributed by atoms with van der Waals surface area (Å²) in [5, 5.41) is 23.8. The first kappa shape index (κ1) is 23.7. The number of ether oxygens (including phenoxy) is 1. The number of allylic oxidation sites excluding steroid dienone is 2. The number of hydrogen-bond donors (Lipinski definition) is 3. The van der Waals surface area contributed by atoms with Crippen LogP contribution in [0, 0.1) is 29.6 Å². The van der Waals surface area contributed by atoms with E-state index in [9.17, 15) is 19.8 Å². The third-order valence-electron chi connectivity index (χ3n) is 7.26. The van der Waals surface area contributed by atoms with Crippen LogP contribution in [0.3, 0.4) is 0 Å². The molecule has 6 heteroatoms. The van der Waals surface area contributed by atoms with Gasteiger partial charge in [0.05, 0.1) is 12.2 Å². The van der Waals surface area contributed by atoms with E-state index in [-0.39, 0.29) is 29.7 Å². The van der Waals surface area contributed by atoms with Crippen molar-refractivity contribution in [2.75, 3.05) is 0 Å². The van der Waals surface area contributed by atoms with Crippen LogP contribution in [0.2, 0.25) is 0 Å². The molecule has 3 N–H and O–H groups in total. The number of carbonyl (C=O) groups is 2. The summed E-state index contributed by atoms with van der Waals surface area (Å²) in [5.74, 6) is -1.26. The largest absolute Gasteiger partial charge is 0.444 e. The average molecular weight is 432 g/mol. The van der Waals surface area contributed by atoms with Gasteiger partial charge >= 0.3 is 5.97 Å². The number of aliphatic hydroxyl groups is 2. The topological polar surface area (TPSA) is 95.9 Å². The molecule has 8 atom stereocenters. The van der Waals surface area contributed by atoms with Crippen molar-refractivity contribution in [1.29, 1.82) is 0 Å². The fourth-order valence-corrected chi connectivity index (χ4v) is 5.66. The monoisotopic (exact) mass is 431 g/mol. The summed E-state index contributed by atoms with van der Waals surface area (Å²) < 4.78 is 6.02. The van der Waals surface area contributed by atoms with E-state index < -0.39 is 29.7 Å². The molecule has 0 aromatic carbocycles. The van der Waals surface area contributed by atoms with Crippen LogP contribution < -0.4 is 5.32 Å². The Labute approximate surface area is 185 Å². The van der Waals surface area contributed by atoms with Gasteiger partial charge in [-0.3, -0.25) is 4.79 Å². The maximum atomic E-state index is 13.5. The van der Waals surface area contributed by atoms with Crippen LogP contribution in [0.1, 0.15) is 54.4 Å². The lowest BCUT2D eigenvalue weighted by atomic mass is 9.63. The van der Waals surface area contributed by atoms with E-state index in [1.165, 1.54) is 11.6 Å². The summed E-state index contributed by atoms with van der Waals surface area (Å²) in [7, 11) is 0. The zero-order valence-electron chi connectivity index (χ0n) is 19.5. The molecule has 2 heterocycles. The van der Waals surface area contributed by atoms with Gasteiger partial charge < -0.3 is 20.3 Å². The zero-order valence-corrected chi connectivity index (χ0v) is 19.5. The third-order valence-corrected chi connectivity index (χ3v) is 7.26. The van der Waals surface area contributed by atoms with Crippen LogP contribution in [-0.4, -0.2) is 45.9 Å². The van der Waals surface area contributed by atoms with E-state index in [1.54, 1.807) is 0 Å². The Morgan fingerprint density at radius 2 is 1.87 bits per heavy atom. The Morgan fingerprint density at radius 3 is 2.52 bits per heavy atom. The Balaban J connectivity index is 2.15. The standard InChI is InChI=1S/C25H37NO5/c1-13(2)9-19-22-17(6)15(4)12-18-11-14(3)10-16(5)23(29)20(27)7-8-21(28)31-25(18,22)24(30)26-19/h7-8,11-13,16-20,22-23,27,29H,9-10H2,1-6H3,(H,26,30)/b8-7-,14-11-/t16-,17+,18-,19-,20+,22-,23-,25-/m0/s1. The van der Waals surface area contributed by atoms with Gasteiger partial charge in [-0.05, 0) is 50.5 Å². The maximum absolute atomic E-state index is 13.5. The molecule has 0 unspecified atom stereocenters. The normalized spacial score (nSPS) is 44.0. The highest BCUT2D eigenvalue weighted by Crippen LogP contribution is 2.51. The number of esters is 1. The van der Waals surface area contributed by atoms with Gasteiger partial charge in [0.1, 0.15) is 0 Å². The van der Waals surface area contributed by atoms with Crippen LogP contribution >= 0.6 is 0 Å². The minimum absolute atomic E-state index is 0.0728. The minimum atomic E-state index is -1.33. The molecule has 3 rings (SSSR count). The van der Waals surface area contributed by atoms with Crippen molar-refractivity contribution in [3.63, 3.8) is 0 Å². The highest BCUT2D eigenvalue weighted by atomic mass is 16.6. The van der Waals surface area contributed by atoms with Gasteiger partial charge in [-0.1, -0.05) is 51.0 Å². The van der Waals surface area contributed by atoms with E-state index >= 15 is 0 Å². The lowest BCUT2D eigenvalue weighted by Gasteiger charge is -2.45. The Morgan fingerprint density at radius 1 is 1.19 bits per heavy atom. The molecule has 1 fully saturated rings. The second-order valence-electron chi connectivity index (χ2n) is 10.2. The van der Waals surface area contributed by atoms with Crippen LogP contribution in [-0.2, 0) is 14.3 Å². The summed E-state index contributed by atoms with van der Waals surface area (Å²) in [4.78, 5) is 26.3. The fourth-order valence-electron chi connectivity index (χ4n) is 5.66. The molecular formula is C25H37NO5. The van der Waals surface area contributed by atoms with Crippen molar-refractivity contribution in [2.45, 2.75) is 78.2 Å². The molecule has 1 amide bonds. The van der Waals surface area contributed by atoms with Crippen LogP contribution in [0.5, 0.6) is 0 Å². The van der Waals surface area contributed by atoms with Crippen molar-refractivity contribution < 1.29 is 24.5 Å². The first-order chi connectivity index (χ1) is 14.5. The molecule has 6 nitrogen and oxygen atoms in total. The fraction of sp³-hybridized carbons (Fsp3) is 0.680. The summed E-state index contributed by atoms with van der Waals surface area (Å²) in [6, 6.07) is -0.0848. The second-order valence-corrected chi connectivity index (χ2v) is 10.2. The van der Waals surface area contributed by atoms with Crippen molar-refractivity contribution in [3.8, 4) is 0 Å². The first-order valence-corrected chi connectivity index (χ1v) is 11.4. The molecule has 0 bridgehead atoms. The average Bonchev–Trinajstić information content (AvgIpc) is 2.94. The number of carbonyl (C=O) groups excluding carboxylic acids is 2. The Hall–Kier alpha value is -1.92. The van der Waals surface area contributed by atoms with Crippen molar-refractivity contribution in [2.24, 2.45) is 29.6 Å². The maximum Gasteiger partial charge on any atom is 0.331 e. The molecule has 1 spiro atoms. The molecule has 0 aromatic rings. The number of nitrogens with one attached hydrogen (secondary N) is 1. The molecule has 0 saturated carbocycles. The van der Waals surface area contributed by atoms with Crippen LogP contribution in [0.25, 0.3) is 0 Å². The van der Waals surface area contributed by atoms with Crippen molar-refractivity contribution >= 4 is 11.9 Å². The van der Waals surface area contributed by atoms with Gasteiger partial charge in [-0.25, -0.2) is 4.79 Å². The second kappa shape index (κ2) is 8.91. The molecule has 172 valence electrons. The van der Waals surface area contributed by atoms with Crippen molar-refractivity contribution in [1.82, 2.24) is 5.32 Å². The number of aliphatic hydroxyl groups excluding tert-OH is 2. The van der Waals surface area contributed by atoms with Gasteiger partial charge in [-0.2, -0.15) is 0 Å². The van der Waals surface area contributed by atoms with Crippen LogP contribution in [0.4, 0.5) is 0 Å². The Kier molecular flexibility index (Phi) is 6.82. The molecule has 1 aliphatic carbocycles. The lowest BCUT2D eigenvalue weighted by molar-refractivity contribution is -0.172. The predicted molar refractivity (Wildman–Crippen MR) is 119 cm³/mol. The SMILES string of the molecule is CC1=C[C@@H]2/C=C(/C)C[C@H](C)[C@H](O)[C@H](O)/C=C\C(=O)O[C@@]23C(=O)N[C@@H](CC(C)C)[C@@H]3[C@@H]1C. The van der Waals surface area contributed by atoms with E-state index in [0.717, 1.165) is 18.1 Å². The lowest BCUT2D eigenvalue weighted by Crippen LogP contribution is -2.56. The smallest absolute Gasteiger partial charge is 0.331 e. The molecule has 0 radical (unpaired) electrons. The van der Waals surface area contributed by atoms with E-state index in [1.807, 2.05) is 19.9 Å². The number of rotatable bonds is 2. The minimum Gasteiger partial charge on any atom is -0.444 e. The van der Waals surface area contributed by atoms with E-state index in [4.69, 9.17) is 4.74 Å². The molecule has 31 heavy (non-hydrogen) atoms. The van der Waals surface area contributed by atoms with E-state index in [2.05, 4.69) is 39.1 Å². The van der Waals surface area contributed by atoms with E-state index in [0.29, 0.717) is 12.3 Å². The molecular weight excluding hydrogens is 394 g/mol. The number of hydrogen-bond acceptors (Lipinski definition) is 5. The summed E-state index contributed by atoms with van der Waals surface area (Å²) in [6.45, 7) is 12.2. The van der Waals surface area contributed by atoms with Gasteiger partial charge in [0.25, 0.3) is 5.91 Å².